The van der Waals surface area contributed by atoms with Crippen LogP contribution in [-0.2, 0) is 0 Å². The quantitative estimate of drug-likeness (QED) is 0.474. The molecule has 0 aliphatic heterocycles. The lowest BCUT2D eigenvalue weighted by molar-refractivity contribution is -0.0576. The lowest BCUT2D eigenvalue weighted by atomic mass is 9.47. The van der Waals surface area contributed by atoms with E-state index in [0.717, 1.165) is 66.1 Å². The van der Waals surface area contributed by atoms with E-state index in [1.807, 2.05) is 0 Å². The second kappa shape index (κ2) is 7.36. The molecule has 0 bridgehead atoms. The standard InChI is InChI=1S/C29H48O/c1-17(2)27-19(4)23(27)15-18(3)24-9-10-25-22-8-7-20-16-21(30)11-13-28(20,5)26(22)12-14-29(24,25)6/h7,17-19,21-27,30H,8-16H2,1-6H3/t18-,19-,21+,22?,23-,24-,25?,26?,27+,28+,29-/m1/s1. The third kappa shape index (κ3) is 3.11. The van der Waals surface area contributed by atoms with E-state index in [2.05, 4.69) is 47.6 Å². The van der Waals surface area contributed by atoms with Gasteiger partial charge in [-0.25, -0.2) is 0 Å². The Morgan fingerprint density at radius 2 is 1.80 bits per heavy atom. The highest BCUT2D eigenvalue weighted by Crippen LogP contribution is 2.68. The van der Waals surface area contributed by atoms with Gasteiger partial charge in [-0.1, -0.05) is 53.2 Å². The second-order valence-electron chi connectivity index (χ2n) is 13.4. The molecule has 30 heavy (non-hydrogen) atoms. The first-order chi connectivity index (χ1) is 14.2. The first-order valence-corrected chi connectivity index (χ1v) is 13.5. The molecule has 0 radical (unpaired) electrons. The van der Waals surface area contributed by atoms with Crippen molar-refractivity contribution in [2.24, 2.45) is 64.1 Å². The Morgan fingerprint density at radius 3 is 2.50 bits per heavy atom. The number of fused-ring (bicyclic) bond motifs is 5. The van der Waals surface area contributed by atoms with Crippen molar-refractivity contribution < 1.29 is 5.11 Å². The van der Waals surface area contributed by atoms with Crippen LogP contribution in [0.2, 0.25) is 0 Å². The van der Waals surface area contributed by atoms with Gasteiger partial charge in [-0.2, -0.15) is 0 Å². The third-order valence-electron chi connectivity index (χ3n) is 11.9. The molecule has 5 rings (SSSR count). The summed E-state index contributed by atoms with van der Waals surface area (Å²) in [6.07, 6.45) is 14.4. The lowest BCUT2D eigenvalue weighted by Gasteiger charge is -2.58. The fourth-order valence-corrected chi connectivity index (χ4v) is 10.3. The summed E-state index contributed by atoms with van der Waals surface area (Å²) in [6, 6.07) is 0. The molecule has 170 valence electrons. The maximum Gasteiger partial charge on any atom is 0.0577 e. The summed E-state index contributed by atoms with van der Waals surface area (Å²) in [6.45, 7) is 15.3. The zero-order valence-corrected chi connectivity index (χ0v) is 20.7. The van der Waals surface area contributed by atoms with Crippen molar-refractivity contribution in [3.05, 3.63) is 11.6 Å². The van der Waals surface area contributed by atoms with E-state index in [1.165, 1.54) is 44.9 Å². The second-order valence-corrected chi connectivity index (χ2v) is 13.4. The van der Waals surface area contributed by atoms with Crippen LogP contribution in [0.1, 0.15) is 99.3 Å². The molecule has 0 aromatic rings. The van der Waals surface area contributed by atoms with E-state index >= 15 is 0 Å². The van der Waals surface area contributed by atoms with Crippen molar-refractivity contribution in [2.45, 2.75) is 105 Å². The molecule has 0 amide bonds. The van der Waals surface area contributed by atoms with Crippen molar-refractivity contribution in [3.8, 4) is 0 Å². The molecule has 0 aromatic carbocycles. The highest BCUT2D eigenvalue weighted by Gasteiger charge is 2.60. The molecule has 0 aromatic heterocycles. The normalized spacial score (nSPS) is 53.5. The summed E-state index contributed by atoms with van der Waals surface area (Å²) in [4.78, 5) is 0. The van der Waals surface area contributed by atoms with Gasteiger partial charge in [0.1, 0.15) is 0 Å². The van der Waals surface area contributed by atoms with Gasteiger partial charge in [0.2, 0.25) is 0 Å². The molecular formula is C29H48O. The van der Waals surface area contributed by atoms with Crippen molar-refractivity contribution in [1.29, 1.82) is 0 Å². The van der Waals surface area contributed by atoms with E-state index in [1.54, 1.807) is 5.57 Å². The van der Waals surface area contributed by atoms with Gasteiger partial charge >= 0.3 is 0 Å². The molecule has 3 unspecified atom stereocenters. The van der Waals surface area contributed by atoms with Gasteiger partial charge in [0.05, 0.1) is 6.10 Å². The third-order valence-corrected chi connectivity index (χ3v) is 11.9. The van der Waals surface area contributed by atoms with Crippen LogP contribution in [0.3, 0.4) is 0 Å². The monoisotopic (exact) mass is 412 g/mol. The van der Waals surface area contributed by atoms with Crippen LogP contribution >= 0.6 is 0 Å². The molecule has 5 aliphatic rings. The number of aliphatic hydroxyl groups excluding tert-OH is 1. The van der Waals surface area contributed by atoms with Gasteiger partial charge in [0, 0.05) is 0 Å². The highest BCUT2D eigenvalue weighted by atomic mass is 16.3. The Hall–Kier alpha value is -0.300. The largest absolute Gasteiger partial charge is 0.393 e. The fraction of sp³-hybridized carbons (Fsp3) is 0.931. The molecule has 1 N–H and O–H groups in total. The van der Waals surface area contributed by atoms with Gasteiger partial charge in [-0.05, 0) is 122 Å². The minimum Gasteiger partial charge on any atom is -0.393 e. The Kier molecular flexibility index (Phi) is 5.28. The Labute approximate surface area is 186 Å². The first kappa shape index (κ1) is 21.5. The van der Waals surface area contributed by atoms with Crippen LogP contribution in [0, 0.1) is 64.1 Å². The molecule has 0 saturated heterocycles. The summed E-state index contributed by atoms with van der Waals surface area (Å²) in [7, 11) is 0. The smallest absolute Gasteiger partial charge is 0.0577 e. The first-order valence-electron chi connectivity index (χ1n) is 13.5. The molecule has 11 atom stereocenters. The van der Waals surface area contributed by atoms with E-state index < -0.39 is 0 Å². The van der Waals surface area contributed by atoms with E-state index in [-0.39, 0.29) is 6.10 Å². The van der Waals surface area contributed by atoms with Gasteiger partial charge < -0.3 is 5.11 Å². The maximum atomic E-state index is 10.3. The highest BCUT2D eigenvalue weighted by molar-refractivity contribution is 5.25. The molecular weight excluding hydrogens is 364 g/mol. The molecule has 1 nitrogen and oxygen atoms in total. The minimum absolute atomic E-state index is 0.0778. The Morgan fingerprint density at radius 1 is 1.03 bits per heavy atom. The topological polar surface area (TPSA) is 20.2 Å². The van der Waals surface area contributed by atoms with Gasteiger partial charge in [-0.3, -0.25) is 0 Å². The summed E-state index contributed by atoms with van der Waals surface area (Å²) in [5.74, 6) is 8.44. The van der Waals surface area contributed by atoms with E-state index in [9.17, 15) is 5.11 Å². The number of aliphatic hydroxyl groups is 1. The zero-order valence-electron chi connectivity index (χ0n) is 20.7. The summed E-state index contributed by atoms with van der Waals surface area (Å²) in [5, 5.41) is 10.3. The molecule has 1 heteroatoms. The van der Waals surface area contributed by atoms with Crippen LogP contribution in [-0.4, -0.2) is 11.2 Å². The molecule has 4 saturated carbocycles. The summed E-state index contributed by atoms with van der Waals surface area (Å²) in [5.41, 5.74) is 2.60. The predicted molar refractivity (Wildman–Crippen MR) is 126 cm³/mol. The van der Waals surface area contributed by atoms with Crippen LogP contribution < -0.4 is 0 Å². The number of allylic oxidation sites excluding steroid dienone is 1. The van der Waals surface area contributed by atoms with Gasteiger partial charge in [0.15, 0.2) is 0 Å². The van der Waals surface area contributed by atoms with Crippen molar-refractivity contribution >= 4 is 0 Å². The van der Waals surface area contributed by atoms with Crippen LogP contribution in [0.25, 0.3) is 0 Å². The average molecular weight is 413 g/mol. The number of hydrogen-bond donors (Lipinski definition) is 1. The number of rotatable bonds is 4. The molecule has 5 aliphatic carbocycles. The SMILES string of the molecule is CC(C)[C@H]1[C@H](C)[C@H]1C[C@@H](C)[C@H]1CCC2C3CC=C4C[C@@H](O)CC[C@]4(C)C3CC[C@@]21C. The van der Waals surface area contributed by atoms with Gasteiger partial charge in [0.25, 0.3) is 0 Å². The van der Waals surface area contributed by atoms with Crippen molar-refractivity contribution in [2.75, 3.05) is 0 Å². The van der Waals surface area contributed by atoms with Crippen LogP contribution in [0.15, 0.2) is 11.6 Å². The predicted octanol–water partition coefficient (Wildman–Crippen LogP) is 7.49. The maximum absolute atomic E-state index is 10.3. The summed E-state index contributed by atoms with van der Waals surface area (Å²) >= 11 is 0. The average Bonchev–Trinajstić information content (AvgIpc) is 3.17. The van der Waals surface area contributed by atoms with Crippen molar-refractivity contribution in [3.63, 3.8) is 0 Å². The Bertz CT molecular complexity index is 692. The van der Waals surface area contributed by atoms with Crippen molar-refractivity contribution in [1.82, 2.24) is 0 Å². The van der Waals surface area contributed by atoms with Crippen LogP contribution in [0.4, 0.5) is 0 Å². The van der Waals surface area contributed by atoms with E-state index in [0.29, 0.717) is 10.8 Å². The molecule has 4 fully saturated rings. The fourth-order valence-electron chi connectivity index (χ4n) is 10.3. The van der Waals surface area contributed by atoms with Crippen LogP contribution in [0.5, 0.6) is 0 Å². The van der Waals surface area contributed by atoms with E-state index in [4.69, 9.17) is 0 Å². The lowest BCUT2D eigenvalue weighted by Crippen LogP contribution is -2.50. The molecule has 0 spiro atoms. The number of hydrogen-bond acceptors (Lipinski definition) is 1. The van der Waals surface area contributed by atoms with Gasteiger partial charge in [-0.15, -0.1) is 0 Å². The minimum atomic E-state index is -0.0778. The zero-order chi connectivity index (χ0) is 21.4. The molecule has 0 heterocycles. The summed E-state index contributed by atoms with van der Waals surface area (Å²) < 4.78 is 0. The Balaban J connectivity index is 1.32.